The number of hydrogen-bond acceptors (Lipinski definition) is 7. The number of nitro groups is 1. The van der Waals surface area contributed by atoms with Crippen LogP contribution in [0.5, 0.6) is 0 Å². The minimum absolute atomic E-state index is 0.115. The normalized spacial score (nSPS) is 15.9. The number of carbonyl (C=O) groups is 1. The Morgan fingerprint density at radius 2 is 2.04 bits per heavy atom. The van der Waals surface area contributed by atoms with E-state index >= 15 is 0 Å². The van der Waals surface area contributed by atoms with Gasteiger partial charge in [0.2, 0.25) is 5.82 Å². The zero-order chi connectivity index (χ0) is 17.9. The Bertz CT molecular complexity index is 621. The van der Waals surface area contributed by atoms with Crippen LogP contribution in [-0.2, 0) is 4.74 Å². The summed E-state index contributed by atoms with van der Waals surface area (Å²) in [6.07, 6.45) is 1.16. The molecule has 1 amide bonds. The number of likely N-dealkylation sites (tertiary alicyclic amines) is 1. The number of nitrogens with zero attached hydrogens (tertiary/aromatic N) is 3. The van der Waals surface area contributed by atoms with Gasteiger partial charge in [-0.15, -0.1) is 0 Å². The molecule has 0 spiro atoms. The average Bonchev–Trinajstić information content (AvgIpc) is 2.45. The maximum Gasteiger partial charge on any atom is 0.410 e. The molecule has 9 nitrogen and oxygen atoms in total. The van der Waals surface area contributed by atoms with Gasteiger partial charge in [-0.05, 0) is 39.7 Å². The van der Waals surface area contributed by atoms with E-state index in [2.05, 4.69) is 10.3 Å². The highest BCUT2D eigenvalue weighted by Gasteiger charge is 2.27. The van der Waals surface area contributed by atoms with Crippen LogP contribution in [0.2, 0.25) is 0 Å². The van der Waals surface area contributed by atoms with Crippen molar-refractivity contribution in [3.05, 3.63) is 22.2 Å². The smallest absolute Gasteiger partial charge is 0.410 e. The Morgan fingerprint density at radius 1 is 1.42 bits per heavy atom. The average molecular weight is 337 g/mol. The summed E-state index contributed by atoms with van der Waals surface area (Å²) in [7, 11) is 0. The Morgan fingerprint density at radius 3 is 2.54 bits per heavy atom. The molecule has 9 heteroatoms. The van der Waals surface area contributed by atoms with E-state index in [9.17, 15) is 14.9 Å². The largest absolute Gasteiger partial charge is 0.444 e. The van der Waals surface area contributed by atoms with Gasteiger partial charge in [-0.3, -0.25) is 10.1 Å². The molecule has 0 aliphatic carbocycles. The van der Waals surface area contributed by atoms with Gasteiger partial charge in [0.1, 0.15) is 11.4 Å². The second-order valence-electron chi connectivity index (χ2n) is 6.74. The molecular weight excluding hydrogens is 314 g/mol. The molecule has 0 bridgehead atoms. The highest BCUT2D eigenvalue weighted by molar-refractivity contribution is 5.68. The van der Waals surface area contributed by atoms with Gasteiger partial charge in [0, 0.05) is 25.2 Å². The number of aromatic nitrogens is 1. The van der Waals surface area contributed by atoms with Crippen molar-refractivity contribution >= 4 is 23.4 Å². The fourth-order valence-electron chi connectivity index (χ4n) is 2.44. The Kier molecular flexibility index (Phi) is 5.10. The number of hydrogen-bond donors (Lipinski definition) is 2. The van der Waals surface area contributed by atoms with Crippen LogP contribution in [0.4, 0.5) is 22.1 Å². The predicted octanol–water partition coefficient (Wildman–Crippen LogP) is 2.38. The molecule has 1 aliphatic heterocycles. The highest BCUT2D eigenvalue weighted by Crippen LogP contribution is 2.23. The van der Waals surface area contributed by atoms with Crippen molar-refractivity contribution in [1.82, 2.24) is 9.88 Å². The Hall–Kier alpha value is -2.58. The maximum absolute atomic E-state index is 12.0. The molecule has 1 aliphatic rings. The lowest BCUT2D eigenvalue weighted by Crippen LogP contribution is -2.44. The number of piperidine rings is 1. The lowest BCUT2D eigenvalue weighted by Gasteiger charge is -2.33. The third-order valence-corrected chi connectivity index (χ3v) is 3.60. The molecule has 0 saturated carbocycles. The molecule has 2 heterocycles. The molecule has 0 atom stereocenters. The number of amides is 1. The second kappa shape index (κ2) is 6.90. The SMILES string of the molecule is CC(C)(C)OC(=O)N1CCC(Nc2ccc([N+](=O)[O-])c(N)n2)CC1. The molecule has 3 N–H and O–H groups in total. The fraction of sp³-hybridized carbons (Fsp3) is 0.600. The summed E-state index contributed by atoms with van der Waals surface area (Å²) in [6.45, 7) is 6.67. The van der Waals surface area contributed by atoms with E-state index in [1.807, 2.05) is 20.8 Å². The molecule has 1 saturated heterocycles. The third kappa shape index (κ3) is 4.71. The number of nitrogens with one attached hydrogen (secondary N) is 1. The van der Waals surface area contributed by atoms with E-state index in [1.54, 1.807) is 4.90 Å². The van der Waals surface area contributed by atoms with Crippen LogP contribution in [0.3, 0.4) is 0 Å². The standard InChI is InChI=1S/C15H23N5O4/c1-15(2,3)24-14(21)19-8-6-10(7-9-19)17-12-5-4-11(20(22)23)13(16)18-12/h4-5,10H,6-9H2,1-3H3,(H3,16,17,18). The molecule has 132 valence electrons. The van der Waals surface area contributed by atoms with E-state index in [0.29, 0.717) is 18.9 Å². The summed E-state index contributed by atoms with van der Waals surface area (Å²) < 4.78 is 5.36. The van der Waals surface area contributed by atoms with Crippen molar-refractivity contribution in [2.75, 3.05) is 24.1 Å². The first-order valence-electron chi connectivity index (χ1n) is 7.81. The summed E-state index contributed by atoms with van der Waals surface area (Å²) in [5, 5.41) is 13.9. The van der Waals surface area contributed by atoms with Gasteiger partial charge in [-0.1, -0.05) is 0 Å². The minimum atomic E-state index is -0.564. The van der Waals surface area contributed by atoms with Gasteiger partial charge >= 0.3 is 11.8 Å². The molecule has 24 heavy (non-hydrogen) atoms. The first-order valence-corrected chi connectivity index (χ1v) is 7.81. The number of ether oxygens (including phenoxy) is 1. The summed E-state index contributed by atoms with van der Waals surface area (Å²) in [4.78, 5) is 27.9. The molecule has 0 radical (unpaired) electrons. The van der Waals surface area contributed by atoms with E-state index in [4.69, 9.17) is 10.5 Å². The summed E-state index contributed by atoms with van der Waals surface area (Å²) in [6, 6.07) is 2.99. The number of nitrogen functional groups attached to an aromatic ring is 1. The number of carbonyl (C=O) groups excluding carboxylic acids is 1. The third-order valence-electron chi connectivity index (χ3n) is 3.60. The second-order valence-corrected chi connectivity index (χ2v) is 6.74. The zero-order valence-electron chi connectivity index (χ0n) is 14.1. The number of anilines is 2. The molecule has 0 aromatic carbocycles. The molecular formula is C15H23N5O4. The quantitative estimate of drug-likeness (QED) is 0.641. The maximum atomic E-state index is 12.0. The van der Waals surface area contributed by atoms with Crippen LogP contribution in [-0.4, -0.2) is 45.6 Å². The van der Waals surface area contributed by atoms with Crippen LogP contribution < -0.4 is 11.1 Å². The number of pyridine rings is 1. The summed E-state index contributed by atoms with van der Waals surface area (Å²) >= 11 is 0. The van der Waals surface area contributed by atoms with Crippen molar-refractivity contribution in [1.29, 1.82) is 0 Å². The van der Waals surface area contributed by atoms with Crippen LogP contribution >= 0.6 is 0 Å². The van der Waals surface area contributed by atoms with E-state index in [1.165, 1.54) is 12.1 Å². The molecule has 1 aromatic rings. The van der Waals surface area contributed by atoms with Gasteiger partial charge < -0.3 is 20.7 Å². The fourth-order valence-corrected chi connectivity index (χ4v) is 2.44. The van der Waals surface area contributed by atoms with Crippen molar-refractivity contribution in [3.8, 4) is 0 Å². The van der Waals surface area contributed by atoms with E-state index in [-0.39, 0.29) is 23.6 Å². The first-order chi connectivity index (χ1) is 11.2. The van der Waals surface area contributed by atoms with E-state index < -0.39 is 10.5 Å². The topological polar surface area (TPSA) is 124 Å². The van der Waals surface area contributed by atoms with Crippen LogP contribution in [0.15, 0.2) is 12.1 Å². The van der Waals surface area contributed by atoms with Crippen molar-refractivity contribution in [3.63, 3.8) is 0 Å². The van der Waals surface area contributed by atoms with Gasteiger partial charge in [0.05, 0.1) is 4.92 Å². The highest BCUT2D eigenvalue weighted by atomic mass is 16.6. The van der Waals surface area contributed by atoms with Crippen LogP contribution in [0.25, 0.3) is 0 Å². The van der Waals surface area contributed by atoms with Crippen LogP contribution in [0, 0.1) is 10.1 Å². The number of nitrogens with two attached hydrogens (primary N) is 1. The van der Waals surface area contributed by atoms with Crippen molar-refractivity contribution < 1.29 is 14.5 Å². The lowest BCUT2D eigenvalue weighted by molar-refractivity contribution is -0.384. The molecule has 0 unspecified atom stereocenters. The Labute approximate surface area is 140 Å². The van der Waals surface area contributed by atoms with Gasteiger partial charge in [0.25, 0.3) is 0 Å². The molecule has 2 rings (SSSR count). The van der Waals surface area contributed by atoms with E-state index in [0.717, 1.165) is 12.8 Å². The van der Waals surface area contributed by atoms with Crippen molar-refractivity contribution in [2.24, 2.45) is 0 Å². The summed E-state index contributed by atoms with van der Waals surface area (Å²) in [5.74, 6) is 0.380. The lowest BCUT2D eigenvalue weighted by atomic mass is 10.1. The molecule has 1 aromatic heterocycles. The number of rotatable bonds is 3. The monoisotopic (exact) mass is 337 g/mol. The first kappa shape index (κ1) is 17.8. The van der Waals surface area contributed by atoms with Gasteiger partial charge in [-0.25, -0.2) is 9.78 Å². The minimum Gasteiger partial charge on any atom is -0.444 e. The molecule has 1 fully saturated rings. The van der Waals surface area contributed by atoms with Crippen LogP contribution in [0.1, 0.15) is 33.6 Å². The summed E-state index contributed by atoms with van der Waals surface area (Å²) in [5.41, 5.74) is 4.87. The van der Waals surface area contributed by atoms with Gasteiger partial charge in [-0.2, -0.15) is 0 Å². The Balaban J connectivity index is 1.88. The predicted molar refractivity (Wildman–Crippen MR) is 89.8 cm³/mol. The van der Waals surface area contributed by atoms with Gasteiger partial charge in [0.15, 0.2) is 0 Å². The van der Waals surface area contributed by atoms with Crippen molar-refractivity contribution in [2.45, 2.75) is 45.3 Å². The zero-order valence-corrected chi connectivity index (χ0v) is 14.1.